The first-order valence-corrected chi connectivity index (χ1v) is 15.1. The van der Waals surface area contributed by atoms with Crippen molar-refractivity contribution in [1.82, 2.24) is 9.97 Å². The van der Waals surface area contributed by atoms with Gasteiger partial charge >= 0.3 is 11.9 Å². The van der Waals surface area contributed by atoms with E-state index in [1.165, 1.54) is 36.9 Å². The van der Waals surface area contributed by atoms with Crippen LogP contribution >= 0.6 is 61.8 Å². The Morgan fingerprint density at radius 1 is 0.707 bits per heavy atom. The van der Waals surface area contributed by atoms with E-state index in [-0.39, 0.29) is 11.9 Å². The highest BCUT2D eigenvalue weighted by molar-refractivity contribution is 9.10. The average molecular weight is 686 g/mol. The van der Waals surface area contributed by atoms with Crippen molar-refractivity contribution in [1.29, 1.82) is 0 Å². The molecule has 0 fully saturated rings. The Morgan fingerprint density at radius 2 is 1.24 bits per heavy atom. The third-order valence-electron chi connectivity index (χ3n) is 6.04. The molecule has 0 saturated carbocycles. The zero-order valence-corrected chi connectivity index (χ0v) is 26.2. The van der Waals surface area contributed by atoms with E-state index in [0.29, 0.717) is 24.5 Å². The van der Waals surface area contributed by atoms with Crippen molar-refractivity contribution in [3.63, 3.8) is 0 Å². The van der Waals surface area contributed by atoms with E-state index in [9.17, 15) is 9.59 Å². The number of carbonyl (C=O) groups excluding carboxylic acids is 2. The Bertz CT molecular complexity index is 1910. The first-order chi connectivity index (χ1) is 19.8. The van der Waals surface area contributed by atoms with Crippen LogP contribution in [0.25, 0.3) is 42.4 Å². The van der Waals surface area contributed by atoms with Crippen molar-refractivity contribution in [2.24, 2.45) is 0 Å². The number of esters is 2. The van der Waals surface area contributed by atoms with Gasteiger partial charge < -0.3 is 9.47 Å². The van der Waals surface area contributed by atoms with Crippen molar-refractivity contribution < 1.29 is 19.1 Å². The Balaban J connectivity index is 0.000000191. The summed E-state index contributed by atoms with van der Waals surface area (Å²) in [6.45, 7) is 0. The predicted molar refractivity (Wildman–Crippen MR) is 171 cm³/mol. The molecule has 2 aromatic carbocycles. The second kappa shape index (κ2) is 12.7. The van der Waals surface area contributed by atoms with Crippen LogP contribution in [-0.4, -0.2) is 36.1 Å². The van der Waals surface area contributed by atoms with Gasteiger partial charge in [-0.1, -0.05) is 71.7 Å². The van der Waals surface area contributed by atoms with Gasteiger partial charge in [0.1, 0.15) is 20.1 Å². The fraction of sp³-hybridized carbons (Fsp3) is 0.0667. The molecule has 0 bridgehead atoms. The average Bonchev–Trinajstić information content (AvgIpc) is 3.64. The second-order valence-corrected chi connectivity index (χ2v) is 12.2. The van der Waals surface area contributed by atoms with Crippen LogP contribution in [-0.2, 0) is 9.47 Å². The minimum absolute atomic E-state index is 0.348. The predicted octanol–water partition coefficient (Wildman–Crippen LogP) is 9.57. The van der Waals surface area contributed by atoms with Crippen LogP contribution in [0.1, 0.15) is 19.3 Å². The van der Waals surface area contributed by atoms with Crippen LogP contribution < -0.4 is 0 Å². The summed E-state index contributed by atoms with van der Waals surface area (Å²) < 4.78 is 12.0. The largest absolute Gasteiger partial charge is 0.465 e. The lowest BCUT2D eigenvalue weighted by Gasteiger charge is -2.08. The number of hydrogen-bond donors (Lipinski definition) is 0. The molecular formula is C30H19BrCl2N2O4S2. The summed E-state index contributed by atoms with van der Waals surface area (Å²) in [5.74, 6) is -0.703. The van der Waals surface area contributed by atoms with Gasteiger partial charge in [0, 0.05) is 28.7 Å². The Morgan fingerprint density at radius 3 is 1.88 bits per heavy atom. The first-order valence-electron chi connectivity index (χ1n) is 11.9. The van der Waals surface area contributed by atoms with Crippen molar-refractivity contribution in [2.75, 3.05) is 14.2 Å². The van der Waals surface area contributed by atoms with Gasteiger partial charge in [0.15, 0.2) is 0 Å². The molecule has 0 atom stereocenters. The molecule has 0 amide bonds. The van der Waals surface area contributed by atoms with Crippen LogP contribution in [0.4, 0.5) is 0 Å². The lowest BCUT2D eigenvalue weighted by molar-refractivity contribution is 0.0597. The summed E-state index contributed by atoms with van der Waals surface area (Å²) >= 11 is 18.3. The lowest BCUT2D eigenvalue weighted by Crippen LogP contribution is -1.96. The van der Waals surface area contributed by atoms with Gasteiger partial charge in [0.25, 0.3) is 0 Å². The monoisotopic (exact) mass is 684 g/mol. The minimum Gasteiger partial charge on any atom is -0.465 e. The molecule has 206 valence electrons. The molecule has 6 aromatic rings. The molecule has 0 spiro atoms. The number of aromatic nitrogens is 2. The van der Waals surface area contributed by atoms with Crippen molar-refractivity contribution in [2.45, 2.75) is 0 Å². The highest BCUT2D eigenvalue weighted by Gasteiger charge is 2.17. The van der Waals surface area contributed by atoms with Crippen molar-refractivity contribution in [3.05, 3.63) is 104 Å². The lowest BCUT2D eigenvalue weighted by atomic mass is 9.98. The molecule has 11 heteroatoms. The Kier molecular flexibility index (Phi) is 9.01. The SMILES string of the molecule is COC(=O)c1cc2c(-c3cccc(-c4ccccc4)c3)c(Cl)ncc2s1.COC(=O)c1cc2c(Br)c(Cl)ncc2s1. The maximum absolute atomic E-state index is 11.9. The molecule has 4 aromatic heterocycles. The van der Waals surface area contributed by atoms with Crippen LogP contribution in [0.15, 0.2) is 83.6 Å². The molecule has 0 unspecified atom stereocenters. The molecule has 0 saturated heterocycles. The molecule has 0 aliphatic carbocycles. The quantitative estimate of drug-likeness (QED) is 0.136. The van der Waals surface area contributed by atoms with Gasteiger partial charge in [0.05, 0.1) is 28.1 Å². The minimum atomic E-state index is -0.355. The number of halogens is 3. The van der Waals surface area contributed by atoms with E-state index in [0.717, 1.165) is 42.4 Å². The zero-order valence-electron chi connectivity index (χ0n) is 21.5. The third-order valence-corrected chi connectivity index (χ3v) is 9.74. The number of nitrogens with zero attached hydrogens (tertiary/aromatic N) is 2. The van der Waals surface area contributed by atoms with Gasteiger partial charge in [0.2, 0.25) is 0 Å². The highest BCUT2D eigenvalue weighted by atomic mass is 79.9. The number of methoxy groups -OCH3 is 2. The van der Waals surface area contributed by atoms with E-state index >= 15 is 0 Å². The number of fused-ring (bicyclic) bond motifs is 2. The van der Waals surface area contributed by atoms with Crippen LogP contribution in [0, 0.1) is 0 Å². The maximum Gasteiger partial charge on any atom is 0.348 e. The maximum atomic E-state index is 11.9. The third kappa shape index (κ3) is 6.14. The number of rotatable bonds is 4. The number of carbonyl (C=O) groups is 2. The zero-order chi connectivity index (χ0) is 29.1. The second-order valence-electron chi connectivity index (χ2n) is 8.49. The molecular weight excluding hydrogens is 667 g/mol. The molecule has 41 heavy (non-hydrogen) atoms. The summed E-state index contributed by atoms with van der Waals surface area (Å²) in [5, 5.41) is 2.58. The van der Waals surface area contributed by atoms with Gasteiger partial charge in [-0.05, 0) is 50.8 Å². The van der Waals surface area contributed by atoms with E-state index in [1.807, 2.05) is 36.4 Å². The standard InChI is InChI=1S/C21H14ClNO2S.C9H5BrClNO2S/c1-25-21(24)17-11-16-18(26-17)12-23-20(22)19(16)15-9-5-8-14(10-15)13-6-3-2-4-7-13;1-14-9(13)5-2-4-6(15-5)3-12-8(11)7(4)10/h2-12H,1H3;2-3H,1H3. The molecule has 0 aliphatic rings. The van der Waals surface area contributed by atoms with Gasteiger partial charge in [-0.3, -0.25) is 0 Å². The van der Waals surface area contributed by atoms with E-state index < -0.39 is 0 Å². The molecule has 0 radical (unpaired) electrons. The number of ether oxygens (including phenoxy) is 2. The van der Waals surface area contributed by atoms with E-state index in [2.05, 4.69) is 54.9 Å². The van der Waals surface area contributed by atoms with Crippen LogP contribution in [0.5, 0.6) is 0 Å². The summed E-state index contributed by atoms with van der Waals surface area (Å²) in [7, 11) is 2.73. The number of benzene rings is 2. The number of pyridine rings is 2. The number of hydrogen-bond acceptors (Lipinski definition) is 8. The Labute approximate surface area is 261 Å². The van der Waals surface area contributed by atoms with Gasteiger partial charge in [-0.25, -0.2) is 19.6 Å². The number of thiophene rings is 2. The Hall–Kier alpha value is -3.34. The molecule has 0 aliphatic heterocycles. The smallest absolute Gasteiger partial charge is 0.348 e. The fourth-order valence-electron chi connectivity index (χ4n) is 4.10. The van der Waals surface area contributed by atoms with E-state index in [4.69, 9.17) is 27.9 Å². The summed E-state index contributed by atoms with van der Waals surface area (Å²) in [6, 6.07) is 21.9. The highest BCUT2D eigenvalue weighted by Crippen LogP contribution is 2.39. The summed E-state index contributed by atoms with van der Waals surface area (Å²) in [5.41, 5.74) is 4.02. The van der Waals surface area contributed by atoms with Crippen molar-refractivity contribution in [3.8, 4) is 22.3 Å². The van der Waals surface area contributed by atoms with Crippen molar-refractivity contribution >= 4 is 93.9 Å². The first kappa shape index (κ1) is 29.2. The van der Waals surface area contributed by atoms with Crippen LogP contribution in [0.3, 0.4) is 0 Å². The molecule has 0 N–H and O–H groups in total. The molecule has 6 rings (SSSR count). The summed E-state index contributed by atoms with van der Waals surface area (Å²) in [6.07, 6.45) is 3.33. The molecule has 4 heterocycles. The van der Waals surface area contributed by atoms with Gasteiger partial charge in [-0.15, -0.1) is 22.7 Å². The van der Waals surface area contributed by atoms with Gasteiger partial charge in [-0.2, -0.15) is 0 Å². The van der Waals surface area contributed by atoms with E-state index in [1.54, 1.807) is 18.5 Å². The summed E-state index contributed by atoms with van der Waals surface area (Å²) in [4.78, 5) is 32.6. The normalized spacial score (nSPS) is 10.8. The fourth-order valence-corrected chi connectivity index (χ4v) is 6.99. The topological polar surface area (TPSA) is 78.4 Å². The molecule has 6 nitrogen and oxygen atoms in total. The van der Waals surface area contributed by atoms with Crippen LogP contribution in [0.2, 0.25) is 10.3 Å².